The monoisotopic (exact) mass is 292 g/mol. The normalized spacial score (nSPS) is 10.4. The van der Waals surface area contributed by atoms with Crippen LogP contribution in [-0.4, -0.2) is 26.1 Å². The number of nitrogens with one attached hydrogen (secondary N) is 2. The van der Waals surface area contributed by atoms with Gasteiger partial charge in [-0.25, -0.2) is 0 Å². The number of ether oxygens (including phenoxy) is 1. The molecule has 118 valence electrons. The highest BCUT2D eigenvalue weighted by Gasteiger charge is 2.05. The Balaban J connectivity index is 2.11. The second-order valence-electron chi connectivity index (χ2n) is 5.19. The Morgan fingerprint density at radius 2 is 1.81 bits per heavy atom. The molecule has 4 nitrogen and oxygen atoms in total. The van der Waals surface area contributed by atoms with E-state index in [1.807, 2.05) is 24.3 Å². The number of amides is 1. The van der Waals surface area contributed by atoms with Gasteiger partial charge in [0.25, 0.3) is 0 Å². The maximum Gasteiger partial charge on any atom is 0.238 e. The largest absolute Gasteiger partial charge is 0.495 e. The van der Waals surface area contributed by atoms with Crippen LogP contribution in [0.5, 0.6) is 5.75 Å². The molecule has 0 atom stereocenters. The SMILES string of the molecule is CCCCCCCCNCC(=O)Nc1ccccc1OC. The minimum atomic E-state index is -0.0366. The van der Waals surface area contributed by atoms with E-state index in [4.69, 9.17) is 4.74 Å². The summed E-state index contributed by atoms with van der Waals surface area (Å²) >= 11 is 0. The van der Waals surface area contributed by atoms with Crippen LogP contribution >= 0.6 is 0 Å². The lowest BCUT2D eigenvalue weighted by Crippen LogP contribution is -2.28. The summed E-state index contributed by atoms with van der Waals surface area (Å²) in [6.45, 7) is 3.46. The Kier molecular flexibility index (Phi) is 9.29. The summed E-state index contributed by atoms with van der Waals surface area (Å²) < 4.78 is 5.20. The molecule has 0 heterocycles. The van der Waals surface area contributed by atoms with E-state index in [0.717, 1.165) is 13.0 Å². The van der Waals surface area contributed by atoms with E-state index in [-0.39, 0.29) is 5.91 Å². The maximum atomic E-state index is 11.8. The number of benzene rings is 1. The number of anilines is 1. The molecular weight excluding hydrogens is 264 g/mol. The Morgan fingerprint density at radius 1 is 1.10 bits per heavy atom. The molecule has 0 aromatic heterocycles. The minimum Gasteiger partial charge on any atom is -0.495 e. The summed E-state index contributed by atoms with van der Waals surface area (Å²) in [7, 11) is 1.60. The van der Waals surface area contributed by atoms with Crippen molar-refractivity contribution in [2.75, 3.05) is 25.5 Å². The molecule has 0 aliphatic carbocycles. The first-order valence-electron chi connectivity index (χ1n) is 7.91. The fourth-order valence-electron chi connectivity index (χ4n) is 2.17. The highest BCUT2D eigenvalue weighted by Crippen LogP contribution is 2.22. The molecule has 2 N–H and O–H groups in total. The third-order valence-electron chi connectivity index (χ3n) is 3.37. The van der Waals surface area contributed by atoms with E-state index in [1.165, 1.54) is 32.1 Å². The molecule has 1 aromatic rings. The van der Waals surface area contributed by atoms with Crippen molar-refractivity contribution in [1.29, 1.82) is 0 Å². The van der Waals surface area contributed by atoms with Crippen molar-refractivity contribution in [2.24, 2.45) is 0 Å². The summed E-state index contributed by atoms with van der Waals surface area (Å²) in [6.07, 6.45) is 7.59. The number of para-hydroxylation sites is 2. The van der Waals surface area contributed by atoms with Crippen molar-refractivity contribution < 1.29 is 9.53 Å². The van der Waals surface area contributed by atoms with Gasteiger partial charge in [0.1, 0.15) is 5.75 Å². The van der Waals surface area contributed by atoms with Gasteiger partial charge in [-0.05, 0) is 25.1 Å². The average molecular weight is 292 g/mol. The molecule has 0 radical (unpaired) electrons. The van der Waals surface area contributed by atoms with Gasteiger partial charge in [0.2, 0.25) is 5.91 Å². The quantitative estimate of drug-likeness (QED) is 0.613. The van der Waals surface area contributed by atoms with Gasteiger partial charge in [-0.1, -0.05) is 51.2 Å². The zero-order valence-corrected chi connectivity index (χ0v) is 13.3. The second-order valence-corrected chi connectivity index (χ2v) is 5.19. The topological polar surface area (TPSA) is 50.4 Å². The first kappa shape index (κ1) is 17.5. The average Bonchev–Trinajstić information content (AvgIpc) is 2.50. The third kappa shape index (κ3) is 7.71. The van der Waals surface area contributed by atoms with E-state index < -0.39 is 0 Å². The summed E-state index contributed by atoms with van der Waals surface area (Å²) in [6, 6.07) is 7.43. The number of rotatable bonds is 11. The number of hydrogen-bond donors (Lipinski definition) is 2. The van der Waals surface area contributed by atoms with Crippen LogP contribution in [0.1, 0.15) is 45.4 Å². The Hall–Kier alpha value is -1.55. The number of unbranched alkanes of at least 4 members (excludes halogenated alkanes) is 5. The molecule has 0 aliphatic heterocycles. The highest BCUT2D eigenvalue weighted by molar-refractivity contribution is 5.93. The van der Waals surface area contributed by atoms with Crippen molar-refractivity contribution in [1.82, 2.24) is 5.32 Å². The molecule has 0 saturated carbocycles. The van der Waals surface area contributed by atoms with Gasteiger partial charge >= 0.3 is 0 Å². The fourth-order valence-corrected chi connectivity index (χ4v) is 2.17. The van der Waals surface area contributed by atoms with Crippen LogP contribution in [0.3, 0.4) is 0 Å². The first-order valence-corrected chi connectivity index (χ1v) is 7.91. The van der Waals surface area contributed by atoms with Gasteiger partial charge < -0.3 is 15.4 Å². The van der Waals surface area contributed by atoms with Crippen LogP contribution in [0.4, 0.5) is 5.69 Å². The zero-order valence-electron chi connectivity index (χ0n) is 13.3. The molecule has 0 saturated heterocycles. The van der Waals surface area contributed by atoms with Crippen LogP contribution in [-0.2, 0) is 4.79 Å². The maximum absolute atomic E-state index is 11.8. The van der Waals surface area contributed by atoms with Crippen molar-refractivity contribution in [3.05, 3.63) is 24.3 Å². The van der Waals surface area contributed by atoms with Gasteiger partial charge in [0.15, 0.2) is 0 Å². The lowest BCUT2D eigenvalue weighted by atomic mass is 10.1. The smallest absolute Gasteiger partial charge is 0.238 e. The first-order chi connectivity index (χ1) is 10.3. The standard InChI is InChI=1S/C17H28N2O2/c1-3-4-5-6-7-10-13-18-14-17(20)19-15-11-8-9-12-16(15)21-2/h8-9,11-12,18H,3-7,10,13-14H2,1-2H3,(H,19,20). The number of carbonyl (C=O) groups excluding carboxylic acids is 1. The van der Waals surface area contributed by atoms with Crippen molar-refractivity contribution in [2.45, 2.75) is 45.4 Å². The molecule has 4 heteroatoms. The molecule has 1 rings (SSSR count). The molecule has 0 fully saturated rings. The predicted molar refractivity (Wildman–Crippen MR) is 87.9 cm³/mol. The van der Waals surface area contributed by atoms with E-state index in [9.17, 15) is 4.79 Å². The van der Waals surface area contributed by atoms with E-state index in [0.29, 0.717) is 18.0 Å². The van der Waals surface area contributed by atoms with E-state index in [1.54, 1.807) is 7.11 Å². The molecular formula is C17H28N2O2. The summed E-state index contributed by atoms with van der Waals surface area (Å²) in [5, 5.41) is 6.03. The third-order valence-corrected chi connectivity index (χ3v) is 3.37. The van der Waals surface area contributed by atoms with Crippen LogP contribution in [0.2, 0.25) is 0 Å². The highest BCUT2D eigenvalue weighted by atomic mass is 16.5. The van der Waals surface area contributed by atoms with Gasteiger partial charge in [0.05, 0.1) is 19.3 Å². The van der Waals surface area contributed by atoms with Crippen LogP contribution < -0.4 is 15.4 Å². The summed E-state index contributed by atoms with van der Waals surface area (Å²) in [5.74, 6) is 0.646. The fraction of sp³-hybridized carbons (Fsp3) is 0.588. The number of carbonyl (C=O) groups is 1. The molecule has 1 aromatic carbocycles. The van der Waals surface area contributed by atoms with Gasteiger partial charge in [-0.15, -0.1) is 0 Å². The predicted octanol–water partition coefficient (Wildman–Crippen LogP) is 3.58. The molecule has 0 bridgehead atoms. The van der Waals surface area contributed by atoms with Gasteiger partial charge in [0, 0.05) is 0 Å². The Labute approximate surface area is 128 Å². The molecule has 0 spiro atoms. The molecule has 21 heavy (non-hydrogen) atoms. The molecule has 0 unspecified atom stereocenters. The van der Waals surface area contributed by atoms with E-state index in [2.05, 4.69) is 17.6 Å². The van der Waals surface area contributed by atoms with Crippen LogP contribution in [0.15, 0.2) is 24.3 Å². The summed E-state index contributed by atoms with van der Waals surface area (Å²) in [4.78, 5) is 11.8. The molecule has 0 aliphatic rings. The van der Waals surface area contributed by atoms with Crippen molar-refractivity contribution in [3.8, 4) is 5.75 Å². The lowest BCUT2D eigenvalue weighted by Gasteiger charge is -2.10. The second kappa shape index (κ2) is 11.1. The van der Waals surface area contributed by atoms with Crippen molar-refractivity contribution in [3.63, 3.8) is 0 Å². The molecule has 1 amide bonds. The van der Waals surface area contributed by atoms with E-state index >= 15 is 0 Å². The van der Waals surface area contributed by atoms with Crippen LogP contribution in [0.25, 0.3) is 0 Å². The number of hydrogen-bond acceptors (Lipinski definition) is 3. The number of methoxy groups -OCH3 is 1. The van der Waals surface area contributed by atoms with Crippen LogP contribution in [0, 0.1) is 0 Å². The van der Waals surface area contributed by atoms with Crippen molar-refractivity contribution >= 4 is 11.6 Å². The van der Waals surface area contributed by atoms with Gasteiger partial charge in [-0.2, -0.15) is 0 Å². The Bertz CT molecular complexity index is 408. The lowest BCUT2D eigenvalue weighted by molar-refractivity contribution is -0.115. The zero-order chi connectivity index (χ0) is 15.3. The Morgan fingerprint density at radius 3 is 2.57 bits per heavy atom. The minimum absolute atomic E-state index is 0.0366. The summed E-state index contributed by atoms with van der Waals surface area (Å²) in [5.41, 5.74) is 0.714. The van der Waals surface area contributed by atoms with Gasteiger partial charge in [-0.3, -0.25) is 4.79 Å².